The highest BCUT2D eigenvalue weighted by atomic mass is 32.2. The Labute approximate surface area is 132 Å². The van der Waals surface area contributed by atoms with Gasteiger partial charge < -0.3 is 9.64 Å². The van der Waals surface area contributed by atoms with E-state index in [0.29, 0.717) is 37.9 Å². The predicted octanol–water partition coefficient (Wildman–Crippen LogP) is 0.686. The van der Waals surface area contributed by atoms with Gasteiger partial charge >= 0.3 is 0 Å². The Morgan fingerprint density at radius 1 is 1.18 bits per heavy atom. The van der Waals surface area contributed by atoms with E-state index in [-0.39, 0.29) is 11.8 Å². The van der Waals surface area contributed by atoms with Gasteiger partial charge in [-0.25, -0.2) is 12.7 Å². The molecule has 1 saturated carbocycles. The quantitative estimate of drug-likeness (QED) is 0.744. The zero-order valence-electron chi connectivity index (χ0n) is 13.2. The lowest BCUT2D eigenvalue weighted by Crippen LogP contribution is -2.46. The van der Waals surface area contributed by atoms with E-state index < -0.39 is 10.0 Å². The fourth-order valence-electron chi connectivity index (χ4n) is 3.48. The number of hydrogen-bond donors (Lipinski definition) is 0. The summed E-state index contributed by atoms with van der Waals surface area (Å²) < 4.78 is 30.0. The van der Waals surface area contributed by atoms with Gasteiger partial charge in [0.1, 0.15) is 0 Å². The second-order valence-electron chi connectivity index (χ2n) is 6.89. The molecule has 0 unspecified atom stereocenters. The topological polar surface area (TPSA) is 66.9 Å². The number of carbonyl (C=O) groups excluding carboxylic acids is 1. The molecule has 0 radical (unpaired) electrons. The van der Waals surface area contributed by atoms with Crippen molar-refractivity contribution in [1.29, 1.82) is 0 Å². The van der Waals surface area contributed by atoms with Crippen LogP contribution in [0.4, 0.5) is 0 Å². The van der Waals surface area contributed by atoms with Crippen LogP contribution in [0.1, 0.15) is 32.1 Å². The van der Waals surface area contributed by atoms with Gasteiger partial charge in [0.25, 0.3) is 0 Å². The Kier molecular flexibility index (Phi) is 4.75. The molecule has 0 bridgehead atoms. The van der Waals surface area contributed by atoms with E-state index in [0.717, 1.165) is 39.0 Å². The summed E-state index contributed by atoms with van der Waals surface area (Å²) in [5.41, 5.74) is 0. The summed E-state index contributed by atoms with van der Waals surface area (Å²) in [6.07, 6.45) is 5.81. The fraction of sp³-hybridized carbons (Fsp3) is 0.933. The zero-order valence-corrected chi connectivity index (χ0v) is 14.1. The molecule has 0 aromatic rings. The van der Waals surface area contributed by atoms with Gasteiger partial charge in [0.05, 0.1) is 12.9 Å². The van der Waals surface area contributed by atoms with Crippen molar-refractivity contribution < 1.29 is 17.9 Å². The van der Waals surface area contributed by atoms with Crippen LogP contribution >= 0.6 is 0 Å². The molecular formula is C15H26N2O4S. The van der Waals surface area contributed by atoms with Crippen molar-refractivity contribution in [3.63, 3.8) is 0 Å². The summed E-state index contributed by atoms with van der Waals surface area (Å²) in [7, 11) is -3.13. The predicted molar refractivity (Wildman–Crippen MR) is 82.8 cm³/mol. The van der Waals surface area contributed by atoms with Crippen LogP contribution < -0.4 is 0 Å². The van der Waals surface area contributed by atoms with Crippen LogP contribution in [0.15, 0.2) is 0 Å². The molecule has 0 spiro atoms. The Morgan fingerprint density at radius 2 is 1.86 bits per heavy atom. The molecule has 0 aromatic heterocycles. The summed E-state index contributed by atoms with van der Waals surface area (Å²) in [5, 5.41) is 0. The Balaban J connectivity index is 1.57. The third-order valence-corrected chi connectivity index (χ3v) is 6.32. The fourth-order valence-corrected chi connectivity index (χ4v) is 4.35. The van der Waals surface area contributed by atoms with Crippen molar-refractivity contribution in [2.45, 2.75) is 38.1 Å². The van der Waals surface area contributed by atoms with E-state index in [4.69, 9.17) is 4.74 Å². The van der Waals surface area contributed by atoms with Crippen LogP contribution in [0.25, 0.3) is 0 Å². The van der Waals surface area contributed by atoms with Crippen molar-refractivity contribution in [3.8, 4) is 0 Å². The molecular weight excluding hydrogens is 304 g/mol. The van der Waals surface area contributed by atoms with Crippen LogP contribution in [0.5, 0.6) is 0 Å². The first kappa shape index (κ1) is 16.2. The Bertz CT molecular complexity index is 504. The van der Waals surface area contributed by atoms with Crippen molar-refractivity contribution in [2.24, 2.45) is 11.8 Å². The van der Waals surface area contributed by atoms with Gasteiger partial charge in [-0.2, -0.15) is 0 Å². The lowest BCUT2D eigenvalue weighted by Gasteiger charge is -2.34. The number of carbonyl (C=O) groups is 1. The monoisotopic (exact) mass is 330 g/mol. The zero-order chi connectivity index (χ0) is 15.7. The molecule has 22 heavy (non-hydrogen) atoms. The summed E-state index contributed by atoms with van der Waals surface area (Å²) in [6.45, 7) is 3.34. The maximum atomic E-state index is 12.8. The number of piperidine rings is 1. The maximum absolute atomic E-state index is 12.8. The van der Waals surface area contributed by atoms with Gasteiger partial charge in [-0.1, -0.05) is 0 Å². The summed E-state index contributed by atoms with van der Waals surface area (Å²) in [6, 6.07) is 0.418. The van der Waals surface area contributed by atoms with Crippen molar-refractivity contribution in [1.82, 2.24) is 9.21 Å². The maximum Gasteiger partial charge on any atom is 0.226 e. The molecule has 2 heterocycles. The average Bonchev–Trinajstić information content (AvgIpc) is 3.20. The second kappa shape index (κ2) is 6.45. The molecule has 2 aliphatic heterocycles. The Hall–Kier alpha value is -0.660. The minimum absolute atomic E-state index is 0.0130. The van der Waals surface area contributed by atoms with Crippen LogP contribution in [0.2, 0.25) is 0 Å². The highest BCUT2D eigenvalue weighted by Crippen LogP contribution is 2.32. The molecule has 1 amide bonds. The number of sulfonamides is 1. The molecule has 1 atom stereocenters. The average molecular weight is 330 g/mol. The summed E-state index contributed by atoms with van der Waals surface area (Å²) >= 11 is 0. The normalized spacial score (nSPS) is 28.0. The first-order valence-electron chi connectivity index (χ1n) is 8.28. The van der Waals surface area contributed by atoms with Crippen LogP contribution in [-0.2, 0) is 19.6 Å². The van der Waals surface area contributed by atoms with Gasteiger partial charge in [0.2, 0.25) is 15.9 Å². The van der Waals surface area contributed by atoms with E-state index in [9.17, 15) is 13.2 Å². The lowest BCUT2D eigenvalue weighted by molar-refractivity contribution is -0.138. The van der Waals surface area contributed by atoms with E-state index in [1.165, 1.54) is 10.6 Å². The smallest absolute Gasteiger partial charge is 0.226 e. The molecule has 126 valence electrons. The van der Waals surface area contributed by atoms with Crippen LogP contribution in [-0.4, -0.2) is 68.7 Å². The lowest BCUT2D eigenvalue weighted by atomic mass is 9.95. The van der Waals surface area contributed by atoms with Gasteiger partial charge in [0, 0.05) is 44.1 Å². The van der Waals surface area contributed by atoms with Gasteiger partial charge in [-0.3, -0.25) is 4.79 Å². The molecule has 0 aromatic carbocycles. The molecule has 7 heteroatoms. The molecule has 3 fully saturated rings. The molecule has 1 aliphatic carbocycles. The van der Waals surface area contributed by atoms with Gasteiger partial charge in [0.15, 0.2) is 0 Å². The third-order valence-electron chi connectivity index (χ3n) is 5.02. The highest BCUT2D eigenvalue weighted by molar-refractivity contribution is 7.88. The van der Waals surface area contributed by atoms with Gasteiger partial charge in [-0.15, -0.1) is 0 Å². The number of hydrogen-bond acceptors (Lipinski definition) is 4. The number of amides is 1. The second-order valence-corrected chi connectivity index (χ2v) is 8.87. The van der Waals surface area contributed by atoms with Crippen molar-refractivity contribution in [2.75, 3.05) is 39.1 Å². The highest BCUT2D eigenvalue weighted by Gasteiger charge is 2.39. The van der Waals surface area contributed by atoms with Crippen LogP contribution in [0.3, 0.4) is 0 Å². The SMILES string of the molecule is CS(=O)(=O)N1CCC(C(=O)N(C[C@H]2CCOC2)C2CC2)CC1. The van der Waals surface area contributed by atoms with Crippen molar-refractivity contribution in [3.05, 3.63) is 0 Å². The van der Waals surface area contributed by atoms with Gasteiger partial charge in [-0.05, 0) is 32.1 Å². The standard InChI is InChI=1S/C15H26N2O4S/c1-22(19,20)16-7-4-13(5-8-16)15(18)17(14-2-3-14)10-12-6-9-21-11-12/h12-14H,2-11H2,1H3/t12-/m1/s1. The first-order valence-corrected chi connectivity index (χ1v) is 10.1. The Morgan fingerprint density at radius 3 is 2.36 bits per heavy atom. The van der Waals surface area contributed by atoms with Crippen molar-refractivity contribution >= 4 is 15.9 Å². The molecule has 6 nitrogen and oxygen atoms in total. The molecule has 2 saturated heterocycles. The number of rotatable bonds is 5. The minimum atomic E-state index is -3.13. The van der Waals surface area contributed by atoms with E-state index in [1.807, 2.05) is 0 Å². The van der Waals surface area contributed by atoms with E-state index in [1.54, 1.807) is 0 Å². The van der Waals surface area contributed by atoms with E-state index >= 15 is 0 Å². The summed E-state index contributed by atoms with van der Waals surface area (Å²) in [4.78, 5) is 14.9. The minimum Gasteiger partial charge on any atom is -0.381 e. The molecule has 0 N–H and O–H groups in total. The molecule has 3 rings (SSSR count). The molecule has 3 aliphatic rings. The van der Waals surface area contributed by atoms with E-state index in [2.05, 4.69) is 4.90 Å². The third kappa shape index (κ3) is 3.81. The van der Waals surface area contributed by atoms with Crippen LogP contribution in [0, 0.1) is 11.8 Å². The summed E-state index contributed by atoms with van der Waals surface area (Å²) in [5.74, 6) is 0.698. The number of nitrogens with zero attached hydrogens (tertiary/aromatic N) is 2. The largest absolute Gasteiger partial charge is 0.381 e. The number of ether oxygens (including phenoxy) is 1. The first-order chi connectivity index (χ1) is 10.4.